The van der Waals surface area contributed by atoms with Crippen LogP contribution in [0.4, 0.5) is 0 Å². The summed E-state index contributed by atoms with van der Waals surface area (Å²) in [5, 5.41) is 3.55. The van der Waals surface area contributed by atoms with E-state index in [0.29, 0.717) is 0 Å². The van der Waals surface area contributed by atoms with E-state index in [0.717, 1.165) is 26.2 Å². The molecule has 2 aromatic rings. The molecule has 1 N–H and O–H groups in total. The molecule has 1 unspecified atom stereocenters. The molecule has 0 radical (unpaired) electrons. The fraction of sp³-hybridized carbons (Fsp3) is 0.333. The summed E-state index contributed by atoms with van der Waals surface area (Å²) in [7, 11) is 0. The van der Waals surface area contributed by atoms with E-state index in [2.05, 4.69) is 87.7 Å². The fourth-order valence-corrected chi connectivity index (χ4v) is 3.48. The second-order valence-corrected chi connectivity index (χ2v) is 6.68. The van der Waals surface area contributed by atoms with Crippen molar-refractivity contribution < 1.29 is 0 Å². The molecule has 0 bridgehead atoms. The Hall–Kier alpha value is -1.16. The smallest absolute Gasteiger partial charge is 0.0561 e. The van der Waals surface area contributed by atoms with Gasteiger partial charge in [0.25, 0.3) is 0 Å². The summed E-state index contributed by atoms with van der Waals surface area (Å²) in [5.74, 6) is 0. The Morgan fingerprint density at radius 3 is 2.57 bits per heavy atom. The molecule has 1 heterocycles. The lowest BCUT2D eigenvalue weighted by molar-refractivity contribution is 0.0648. The summed E-state index contributed by atoms with van der Waals surface area (Å²) in [6.45, 7) is 6.40. The highest BCUT2D eigenvalue weighted by Gasteiger charge is 2.35. The number of nitrogens with one attached hydrogen (secondary N) is 1. The topological polar surface area (TPSA) is 15.3 Å². The van der Waals surface area contributed by atoms with Crippen LogP contribution in [0.1, 0.15) is 18.1 Å². The van der Waals surface area contributed by atoms with E-state index >= 15 is 0 Å². The van der Waals surface area contributed by atoms with Gasteiger partial charge in [-0.2, -0.15) is 0 Å². The van der Waals surface area contributed by atoms with Gasteiger partial charge in [0.05, 0.1) is 5.54 Å². The Morgan fingerprint density at radius 1 is 1.10 bits per heavy atom. The predicted molar refractivity (Wildman–Crippen MR) is 91.2 cm³/mol. The summed E-state index contributed by atoms with van der Waals surface area (Å²) in [5.41, 5.74) is 2.76. The van der Waals surface area contributed by atoms with Crippen molar-refractivity contribution in [2.24, 2.45) is 0 Å². The molecule has 3 heteroatoms. The van der Waals surface area contributed by atoms with Crippen LogP contribution in [0.5, 0.6) is 0 Å². The minimum atomic E-state index is 0.0365. The van der Waals surface area contributed by atoms with Crippen LogP contribution in [0.25, 0.3) is 0 Å². The first-order valence-corrected chi connectivity index (χ1v) is 8.24. The quantitative estimate of drug-likeness (QED) is 0.911. The van der Waals surface area contributed by atoms with Crippen LogP contribution in [-0.4, -0.2) is 24.5 Å². The van der Waals surface area contributed by atoms with Gasteiger partial charge in [0.1, 0.15) is 0 Å². The number of halogens is 1. The van der Waals surface area contributed by atoms with Crippen LogP contribution in [0.2, 0.25) is 0 Å². The Bertz CT molecular complexity index is 599. The Morgan fingerprint density at radius 2 is 1.81 bits per heavy atom. The van der Waals surface area contributed by atoms with Gasteiger partial charge in [-0.1, -0.05) is 64.5 Å². The Kier molecular flexibility index (Phi) is 4.43. The number of hydrogen-bond donors (Lipinski definition) is 1. The maximum absolute atomic E-state index is 3.67. The molecule has 21 heavy (non-hydrogen) atoms. The van der Waals surface area contributed by atoms with Gasteiger partial charge in [-0.25, -0.2) is 0 Å². The van der Waals surface area contributed by atoms with Crippen LogP contribution >= 0.6 is 15.9 Å². The molecule has 0 aromatic heterocycles. The molecule has 110 valence electrons. The number of hydrogen-bond acceptors (Lipinski definition) is 2. The van der Waals surface area contributed by atoms with Crippen LogP contribution in [0.3, 0.4) is 0 Å². The molecule has 3 rings (SSSR count). The van der Waals surface area contributed by atoms with Gasteiger partial charge in [0.2, 0.25) is 0 Å². The number of benzene rings is 2. The zero-order valence-electron chi connectivity index (χ0n) is 12.3. The van der Waals surface area contributed by atoms with Gasteiger partial charge in [0.15, 0.2) is 0 Å². The highest BCUT2D eigenvalue weighted by molar-refractivity contribution is 9.10. The molecule has 1 aliphatic heterocycles. The molecule has 1 aliphatic rings. The number of nitrogens with zero attached hydrogens (tertiary/aromatic N) is 1. The third-order valence-electron chi connectivity index (χ3n) is 4.44. The molecule has 1 saturated heterocycles. The Balaban J connectivity index is 1.90. The fourth-order valence-electron chi connectivity index (χ4n) is 3.07. The van der Waals surface area contributed by atoms with Crippen molar-refractivity contribution in [3.05, 3.63) is 70.2 Å². The zero-order valence-corrected chi connectivity index (χ0v) is 13.9. The van der Waals surface area contributed by atoms with Crippen LogP contribution in [-0.2, 0) is 12.1 Å². The lowest BCUT2D eigenvalue weighted by atomic mass is 9.88. The van der Waals surface area contributed by atoms with Gasteiger partial charge in [-0.05, 0) is 24.1 Å². The van der Waals surface area contributed by atoms with Crippen LogP contribution in [0.15, 0.2) is 59.1 Å². The molecular weight excluding hydrogens is 324 g/mol. The van der Waals surface area contributed by atoms with Crippen molar-refractivity contribution in [2.75, 3.05) is 19.6 Å². The third-order valence-corrected chi connectivity index (χ3v) is 5.21. The average Bonchev–Trinajstić information content (AvgIpc) is 2.53. The van der Waals surface area contributed by atoms with Gasteiger partial charge in [-0.15, -0.1) is 0 Å². The minimum Gasteiger partial charge on any atom is -0.313 e. The van der Waals surface area contributed by atoms with Crippen molar-refractivity contribution in [3.63, 3.8) is 0 Å². The Labute approximate surface area is 135 Å². The second-order valence-electron chi connectivity index (χ2n) is 5.83. The average molecular weight is 345 g/mol. The molecule has 0 saturated carbocycles. The molecule has 2 aromatic carbocycles. The predicted octanol–water partition coefficient (Wildman–Crippen LogP) is 3.77. The SMILES string of the molecule is CC1(c2ccccc2)CNCCN1Cc1ccccc1Br. The molecule has 1 fully saturated rings. The summed E-state index contributed by atoms with van der Waals surface area (Å²) >= 11 is 3.67. The largest absolute Gasteiger partial charge is 0.313 e. The van der Waals surface area contributed by atoms with Gasteiger partial charge >= 0.3 is 0 Å². The van der Waals surface area contributed by atoms with Crippen molar-refractivity contribution >= 4 is 15.9 Å². The van der Waals surface area contributed by atoms with E-state index in [1.807, 2.05) is 0 Å². The summed E-state index contributed by atoms with van der Waals surface area (Å²) < 4.78 is 1.19. The molecule has 1 atom stereocenters. The minimum absolute atomic E-state index is 0.0365. The number of piperazine rings is 1. The van der Waals surface area contributed by atoms with E-state index in [9.17, 15) is 0 Å². The number of rotatable bonds is 3. The standard InChI is InChI=1S/C18H21BrN2/c1-18(16-8-3-2-4-9-16)14-20-11-12-21(18)13-15-7-5-6-10-17(15)19/h2-10,20H,11-14H2,1H3. The van der Waals surface area contributed by atoms with E-state index in [1.54, 1.807) is 0 Å². The lowest BCUT2D eigenvalue weighted by Gasteiger charge is -2.46. The maximum Gasteiger partial charge on any atom is 0.0561 e. The van der Waals surface area contributed by atoms with Crippen molar-refractivity contribution in [1.29, 1.82) is 0 Å². The molecule has 0 spiro atoms. The van der Waals surface area contributed by atoms with Gasteiger partial charge < -0.3 is 5.32 Å². The first-order chi connectivity index (χ1) is 10.2. The molecule has 0 amide bonds. The van der Waals surface area contributed by atoms with Crippen molar-refractivity contribution in [3.8, 4) is 0 Å². The highest BCUT2D eigenvalue weighted by Crippen LogP contribution is 2.32. The van der Waals surface area contributed by atoms with Crippen LogP contribution < -0.4 is 5.32 Å². The lowest BCUT2D eigenvalue weighted by Crippen LogP contribution is -2.56. The second kappa shape index (κ2) is 6.30. The van der Waals surface area contributed by atoms with Gasteiger partial charge in [0, 0.05) is 30.7 Å². The summed E-state index contributed by atoms with van der Waals surface area (Å²) in [6, 6.07) is 19.3. The van der Waals surface area contributed by atoms with E-state index in [1.165, 1.54) is 15.6 Å². The first kappa shape index (κ1) is 14.8. The van der Waals surface area contributed by atoms with Gasteiger partial charge in [-0.3, -0.25) is 4.90 Å². The van der Waals surface area contributed by atoms with Crippen LogP contribution in [0, 0.1) is 0 Å². The molecule has 2 nitrogen and oxygen atoms in total. The first-order valence-electron chi connectivity index (χ1n) is 7.45. The zero-order chi connectivity index (χ0) is 14.7. The van der Waals surface area contributed by atoms with E-state index < -0.39 is 0 Å². The monoisotopic (exact) mass is 344 g/mol. The van der Waals surface area contributed by atoms with E-state index in [4.69, 9.17) is 0 Å². The maximum atomic E-state index is 3.67. The molecular formula is C18H21BrN2. The molecule has 0 aliphatic carbocycles. The van der Waals surface area contributed by atoms with Crippen molar-refractivity contribution in [1.82, 2.24) is 10.2 Å². The van der Waals surface area contributed by atoms with Crippen molar-refractivity contribution in [2.45, 2.75) is 19.0 Å². The summed E-state index contributed by atoms with van der Waals surface area (Å²) in [4.78, 5) is 2.58. The highest BCUT2D eigenvalue weighted by atomic mass is 79.9. The normalized spacial score (nSPS) is 23.1. The van der Waals surface area contributed by atoms with E-state index in [-0.39, 0.29) is 5.54 Å². The third kappa shape index (κ3) is 3.05. The summed E-state index contributed by atoms with van der Waals surface area (Å²) in [6.07, 6.45) is 0.